The first-order valence-corrected chi connectivity index (χ1v) is 8.98. The summed E-state index contributed by atoms with van der Waals surface area (Å²) in [5.74, 6) is -0.571. The molecule has 1 amide bonds. The highest BCUT2D eigenvalue weighted by Crippen LogP contribution is 2.18. The molecule has 0 unspecified atom stereocenters. The highest BCUT2D eigenvalue weighted by molar-refractivity contribution is 7.13. The van der Waals surface area contributed by atoms with Crippen LogP contribution in [0.4, 0.5) is 10.8 Å². The van der Waals surface area contributed by atoms with Crippen LogP contribution in [0.3, 0.4) is 0 Å². The first kappa shape index (κ1) is 19.1. The summed E-state index contributed by atoms with van der Waals surface area (Å²) >= 11 is 7.16. The molecule has 0 saturated heterocycles. The largest absolute Gasteiger partial charge is 0.451 e. The number of carbonyl (C=O) groups excluding carboxylic acids is 2. The molecule has 0 saturated carbocycles. The fourth-order valence-electron chi connectivity index (χ4n) is 1.79. The number of carbonyl (C=O) groups is 2. The summed E-state index contributed by atoms with van der Waals surface area (Å²) in [7, 11) is 0. The molecule has 25 heavy (non-hydrogen) atoms. The van der Waals surface area contributed by atoms with Crippen LogP contribution in [0.2, 0.25) is 5.15 Å². The Morgan fingerprint density at radius 2 is 2.20 bits per heavy atom. The molecule has 0 spiro atoms. The van der Waals surface area contributed by atoms with Crippen molar-refractivity contribution in [2.75, 3.05) is 23.8 Å². The van der Waals surface area contributed by atoms with Crippen LogP contribution < -0.4 is 10.6 Å². The van der Waals surface area contributed by atoms with Gasteiger partial charge in [-0.2, -0.15) is 0 Å². The quantitative estimate of drug-likeness (QED) is 0.536. The molecule has 2 heterocycles. The fraction of sp³-hybridized carbons (Fsp3) is 0.375. The van der Waals surface area contributed by atoms with Gasteiger partial charge < -0.3 is 15.4 Å². The molecule has 2 rings (SSSR count). The van der Waals surface area contributed by atoms with Gasteiger partial charge in [0, 0.05) is 18.1 Å². The summed E-state index contributed by atoms with van der Waals surface area (Å²) in [6.07, 6.45) is 2.52. The Balaban J connectivity index is 1.79. The molecule has 134 valence electrons. The van der Waals surface area contributed by atoms with E-state index in [2.05, 4.69) is 34.4 Å². The van der Waals surface area contributed by atoms with E-state index in [0.717, 1.165) is 13.0 Å². The molecule has 2 aromatic heterocycles. The summed E-state index contributed by atoms with van der Waals surface area (Å²) in [6.45, 7) is 4.62. The van der Waals surface area contributed by atoms with Crippen LogP contribution in [0.1, 0.15) is 30.8 Å². The third-order valence-corrected chi connectivity index (χ3v) is 4.18. The van der Waals surface area contributed by atoms with Gasteiger partial charge in [-0.3, -0.25) is 4.79 Å². The number of nitrogens with one attached hydrogen (secondary N) is 2. The highest BCUT2D eigenvalue weighted by atomic mass is 35.5. The molecular weight excluding hydrogens is 364 g/mol. The average molecular weight is 383 g/mol. The number of pyridine rings is 1. The van der Waals surface area contributed by atoms with Gasteiger partial charge in [-0.05, 0) is 24.5 Å². The number of nitrogens with zero attached hydrogens (tertiary/aromatic N) is 2. The second-order valence-electron chi connectivity index (χ2n) is 5.61. The van der Waals surface area contributed by atoms with E-state index in [1.807, 2.05) is 0 Å². The van der Waals surface area contributed by atoms with Crippen molar-refractivity contribution in [3.05, 3.63) is 34.6 Å². The molecule has 0 aliphatic heterocycles. The van der Waals surface area contributed by atoms with Gasteiger partial charge in [-0.1, -0.05) is 25.4 Å². The third kappa shape index (κ3) is 6.32. The number of hydrogen-bond acceptors (Lipinski definition) is 7. The lowest BCUT2D eigenvalue weighted by Crippen LogP contribution is -2.21. The summed E-state index contributed by atoms with van der Waals surface area (Å²) < 4.78 is 4.96. The second-order valence-corrected chi connectivity index (χ2v) is 6.83. The zero-order chi connectivity index (χ0) is 18.2. The molecule has 2 N–H and O–H groups in total. The summed E-state index contributed by atoms with van der Waals surface area (Å²) in [6, 6.07) is 3.24. The average Bonchev–Trinajstić information content (AvgIpc) is 3.03. The molecule has 9 heteroatoms. The first-order valence-electron chi connectivity index (χ1n) is 7.72. The van der Waals surface area contributed by atoms with Crippen molar-refractivity contribution >= 4 is 45.6 Å². The summed E-state index contributed by atoms with van der Waals surface area (Å²) in [5, 5.41) is 8.08. The molecule has 0 aliphatic rings. The Kier molecular flexibility index (Phi) is 7.15. The smallest absolute Gasteiger partial charge is 0.358 e. The number of aromatic nitrogens is 2. The Morgan fingerprint density at radius 3 is 2.92 bits per heavy atom. The minimum atomic E-state index is -0.652. The van der Waals surface area contributed by atoms with Crippen LogP contribution in [0.25, 0.3) is 0 Å². The lowest BCUT2D eigenvalue weighted by Gasteiger charge is -2.06. The van der Waals surface area contributed by atoms with E-state index < -0.39 is 18.5 Å². The lowest BCUT2D eigenvalue weighted by molar-refractivity contribution is -0.119. The van der Waals surface area contributed by atoms with Crippen molar-refractivity contribution in [1.29, 1.82) is 0 Å². The first-order chi connectivity index (χ1) is 12.0. The molecular formula is C16H19ClN4O3S. The summed E-state index contributed by atoms with van der Waals surface area (Å²) in [5.41, 5.74) is 0.528. The zero-order valence-corrected chi connectivity index (χ0v) is 15.5. The fourth-order valence-corrected chi connectivity index (χ4v) is 2.66. The van der Waals surface area contributed by atoms with Crippen molar-refractivity contribution in [2.24, 2.45) is 5.92 Å². The number of thiazole rings is 1. The zero-order valence-electron chi connectivity index (χ0n) is 13.9. The molecule has 7 nitrogen and oxygen atoms in total. The standard InChI is InChI=1S/C16H19ClN4O3S/c1-10(2)5-7-19-16-21-12(9-25-16)15(23)24-8-13(22)20-11-4-3-6-18-14(11)17/h3-4,6,9-10H,5,7-8H2,1-2H3,(H,19,21)(H,20,22). The van der Waals surface area contributed by atoms with Crippen molar-refractivity contribution in [3.63, 3.8) is 0 Å². The van der Waals surface area contributed by atoms with E-state index in [9.17, 15) is 9.59 Å². The van der Waals surface area contributed by atoms with Crippen LogP contribution in [0.15, 0.2) is 23.7 Å². The van der Waals surface area contributed by atoms with E-state index in [1.54, 1.807) is 17.5 Å². The van der Waals surface area contributed by atoms with Crippen LogP contribution in [0.5, 0.6) is 0 Å². The molecule has 0 fully saturated rings. The van der Waals surface area contributed by atoms with Crippen molar-refractivity contribution in [2.45, 2.75) is 20.3 Å². The van der Waals surface area contributed by atoms with Gasteiger partial charge in [0.05, 0.1) is 5.69 Å². The number of esters is 1. The second kappa shape index (κ2) is 9.33. The minimum Gasteiger partial charge on any atom is -0.451 e. The Labute approximate surface area is 154 Å². The molecule has 0 aliphatic carbocycles. The van der Waals surface area contributed by atoms with Gasteiger partial charge in [0.1, 0.15) is 0 Å². The monoisotopic (exact) mass is 382 g/mol. The van der Waals surface area contributed by atoms with Gasteiger partial charge in [-0.15, -0.1) is 11.3 Å². The normalized spacial score (nSPS) is 10.6. The van der Waals surface area contributed by atoms with Crippen LogP contribution in [0, 0.1) is 5.92 Å². The maximum absolute atomic E-state index is 11.9. The molecule has 0 aromatic carbocycles. The molecule has 0 bridgehead atoms. The van der Waals surface area contributed by atoms with Crippen LogP contribution >= 0.6 is 22.9 Å². The SMILES string of the molecule is CC(C)CCNc1nc(C(=O)OCC(=O)Nc2cccnc2Cl)cs1. The number of ether oxygens (including phenoxy) is 1. The number of rotatable bonds is 8. The predicted octanol–water partition coefficient (Wildman–Crippen LogP) is 3.45. The molecule has 0 radical (unpaired) electrons. The minimum absolute atomic E-state index is 0.166. The van der Waals surface area contributed by atoms with E-state index in [-0.39, 0.29) is 10.8 Å². The number of amides is 1. The van der Waals surface area contributed by atoms with E-state index in [1.165, 1.54) is 17.5 Å². The number of halogens is 1. The van der Waals surface area contributed by atoms with Gasteiger partial charge in [0.25, 0.3) is 5.91 Å². The van der Waals surface area contributed by atoms with Gasteiger partial charge in [-0.25, -0.2) is 14.8 Å². The van der Waals surface area contributed by atoms with Gasteiger partial charge >= 0.3 is 5.97 Å². The predicted molar refractivity (Wildman–Crippen MR) is 98.2 cm³/mol. The summed E-state index contributed by atoms with van der Waals surface area (Å²) in [4.78, 5) is 31.7. The van der Waals surface area contributed by atoms with Crippen molar-refractivity contribution < 1.29 is 14.3 Å². The lowest BCUT2D eigenvalue weighted by atomic mass is 10.1. The Morgan fingerprint density at radius 1 is 1.40 bits per heavy atom. The topological polar surface area (TPSA) is 93.2 Å². The third-order valence-electron chi connectivity index (χ3n) is 3.08. The van der Waals surface area contributed by atoms with E-state index in [4.69, 9.17) is 16.3 Å². The van der Waals surface area contributed by atoms with E-state index in [0.29, 0.717) is 16.7 Å². The maximum Gasteiger partial charge on any atom is 0.358 e. The van der Waals surface area contributed by atoms with Crippen molar-refractivity contribution in [3.8, 4) is 0 Å². The van der Waals surface area contributed by atoms with Crippen LogP contribution in [-0.2, 0) is 9.53 Å². The maximum atomic E-state index is 11.9. The highest BCUT2D eigenvalue weighted by Gasteiger charge is 2.15. The number of hydrogen-bond donors (Lipinski definition) is 2. The van der Waals surface area contributed by atoms with Crippen molar-refractivity contribution in [1.82, 2.24) is 9.97 Å². The molecule has 2 aromatic rings. The van der Waals surface area contributed by atoms with Gasteiger partial charge in [0.2, 0.25) is 0 Å². The van der Waals surface area contributed by atoms with Crippen LogP contribution in [-0.4, -0.2) is 35.0 Å². The van der Waals surface area contributed by atoms with E-state index >= 15 is 0 Å². The van der Waals surface area contributed by atoms with Gasteiger partial charge in [0.15, 0.2) is 22.6 Å². The molecule has 0 atom stereocenters. The Hall–Kier alpha value is -2.19. The Bertz CT molecular complexity index is 736. The number of anilines is 2.